The Morgan fingerprint density at radius 2 is 1.69 bits per heavy atom. The van der Waals surface area contributed by atoms with E-state index in [1.807, 2.05) is 23.6 Å². The minimum absolute atomic E-state index is 0.110. The van der Waals surface area contributed by atoms with E-state index in [9.17, 15) is 13.2 Å². The van der Waals surface area contributed by atoms with Crippen molar-refractivity contribution in [2.24, 2.45) is 0 Å². The van der Waals surface area contributed by atoms with Crippen molar-refractivity contribution >= 4 is 33.0 Å². The topological polar surface area (TPSA) is 66.5 Å². The van der Waals surface area contributed by atoms with Crippen LogP contribution in [0.15, 0.2) is 77.0 Å². The number of thiophene rings is 1. The van der Waals surface area contributed by atoms with Gasteiger partial charge in [0.2, 0.25) is 0 Å². The Balaban J connectivity index is 1.72. The first-order valence-electron chi connectivity index (χ1n) is 7.91. The van der Waals surface area contributed by atoms with Crippen LogP contribution in [0.5, 0.6) is 0 Å². The predicted molar refractivity (Wildman–Crippen MR) is 104 cm³/mol. The summed E-state index contributed by atoms with van der Waals surface area (Å²) in [7, 11) is -1.96. The molecular weight excluding hydrogens is 368 g/mol. The number of benzene rings is 2. The molecule has 0 aliphatic heterocycles. The molecule has 134 valence electrons. The van der Waals surface area contributed by atoms with E-state index in [0.717, 1.165) is 4.88 Å². The van der Waals surface area contributed by atoms with Crippen LogP contribution in [0, 0.1) is 0 Å². The third kappa shape index (κ3) is 4.30. The van der Waals surface area contributed by atoms with E-state index in [4.69, 9.17) is 0 Å². The van der Waals surface area contributed by atoms with E-state index in [1.165, 1.54) is 24.3 Å². The summed E-state index contributed by atoms with van der Waals surface area (Å²) in [6.07, 6.45) is 0. The maximum Gasteiger partial charge on any atom is 0.261 e. The molecular formula is C19H18N2O3S2. The number of hydrogen-bond acceptors (Lipinski definition) is 4. The zero-order valence-electron chi connectivity index (χ0n) is 14.1. The zero-order chi connectivity index (χ0) is 18.6. The molecule has 0 aliphatic carbocycles. The predicted octanol–water partition coefficient (Wildman–Crippen LogP) is 3.82. The molecule has 0 atom stereocenters. The lowest BCUT2D eigenvalue weighted by atomic mass is 10.2. The van der Waals surface area contributed by atoms with Crippen molar-refractivity contribution in [1.82, 2.24) is 4.90 Å². The van der Waals surface area contributed by atoms with Crippen LogP contribution in [0.4, 0.5) is 5.69 Å². The Labute approximate surface area is 157 Å². The van der Waals surface area contributed by atoms with Gasteiger partial charge in [-0.1, -0.05) is 24.3 Å². The number of carbonyl (C=O) groups excluding carboxylic acids is 1. The van der Waals surface area contributed by atoms with Gasteiger partial charge in [-0.3, -0.25) is 9.52 Å². The average molecular weight is 386 g/mol. The van der Waals surface area contributed by atoms with Crippen LogP contribution in [-0.4, -0.2) is 26.3 Å². The fourth-order valence-corrected chi connectivity index (χ4v) is 4.24. The van der Waals surface area contributed by atoms with Gasteiger partial charge >= 0.3 is 0 Å². The quantitative estimate of drug-likeness (QED) is 0.700. The number of carbonyl (C=O) groups is 1. The molecule has 26 heavy (non-hydrogen) atoms. The van der Waals surface area contributed by atoms with Gasteiger partial charge < -0.3 is 4.90 Å². The van der Waals surface area contributed by atoms with Crippen LogP contribution >= 0.6 is 11.3 Å². The number of anilines is 1. The Bertz CT molecular complexity index is 967. The summed E-state index contributed by atoms with van der Waals surface area (Å²) in [6.45, 7) is 0.520. The van der Waals surface area contributed by atoms with Crippen molar-refractivity contribution < 1.29 is 13.2 Å². The highest BCUT2D eigenvalue weighted by Crippen LogP contribution is 2.18. The van der Waals surface area contributed by atoms with Gasteiger partial charge in [0.15, 0.2) is 0 Å². The van der Waals surface area contributed by atoms with Crippen molar-refractivity contribution in [2.75, 3.05) is 11.8 Å². The molecule has 7 heteroatoms. The zero-order valence-corrected chi connectivity index (χ0v) is 15.8. The number of sulfonamides is 1. The lowest BCUT2D eigenvalue weighted by Gasteiger charge is -2.16. The van der Waals surface area contributed by atoms with Crippen LogP contribution < -0.4 is 4.72 Å². The smallest absolute Gasteiger partial charge is 0.261 e. The molecule has 0 saturated heterocycles. The van der Waals surface area contributed by atoms with Crippen LogP contribution in [0.3, 0.4) is 0 Å². The maximum atomic E-state index is 12.5. The van der Waals surface area contributed by atoms with Gasteiger partial charge in [0, 0.05) is 23.2 Å². The van der Waals surface area contributed by atoms with E-state index in [1.54, 1.807) is 47.5 Å². The molecule has 1 amide bonds. The lowest BCUT2D eigenvalue weighted by Crippen LogP contribution is -2.25. The third-order valence-electron chi connectivity index (χ3n) is 3.76. The summed E-state index contributed by atoms with van der Waals surface area (Å²) in [5.41, 5.74) is 0.936. The van der Waals surface area contributed by atoms with Crippen molar-refractivity contribution in [1.29, 1.82) is 0 Å². The summed E-state index contributed by atoms with van der Waals surface area (Å²) in [4.78, 5) is 15.3. The molecule has 0 bridgehead atoms. The van der Waals surface area contributed by atoms with Gasteiger partial charge in [0.05, 0.1) is 11.4 Å². The largest absolute Gasteiger partial charge is 0.337 e. The van der Waals surface area contributed by atoms with Crippen molar-refractivity contribution in [3.63, 3.8) is 0 Å². The Morgan fingerprint density at radius 3 is 2.31 bits per heavy atom. The molecule has 3 rings (SSSR count). The van der Waals surface area contributed by atoms with Gasteiger partial charge in [-0.25, -0.2) is 8.42 Å². The molecule has 1 N–H and O–H groups in total. The number of hydrogen-bond donors (Lipinski definition) is 1. The van der Waals surface area contributed by atoms with Crippen molar-refractivity contribution in [3.05, 3.63) is 82.6 Å². The first-order valence-corrected chi connectivity index (χ1v) is 10.3. The van der Waals surface area contributed by atoms with E-state index in [0.29, 0.717) is 17.8 Å². The molecule has 3 aromatic rings. The van der Waals surface area contributed by atoms with Gasteiger partial charge in [-0.05, 0) is 47.8 Å². The fraction of sp³-hybridized carbons (Fsp3) is 0.105. The first kappa shape index (κ1) is 18.2. The second kappa shape index (κ2) is 7.72. The number of nitrogens with zero attached hydrogens (tertiary/aromatic N) is 1. The first-order chi connectivity index (χ1) is 12.5. The number of nitrogens with one attached hydrogen (secondary N) is 1. The third-order valence-corrected chi connectivity index (χ3v) is 6.02. The average Bonchev–Trinajstić information content (AvgIpc) is 3.14. The standard InChI is InChI=1S/C19H18N2O3S2/c1-21(14-17-8-5-13-25-17)19(22)15-9-11-18(12-10-15)26(23,24)20-16-6-3-2-4-7-16/h2-13,20H,14H2,1H3. The lowest BCUT2D eigenvalue weighted by molar-refractivity contribution is 0.0786. The normalized spacial score (nSPS) is 11.1. The fourth-order valence-electron chi connectivity index (χ4n) is 2.43. The Hall–Kier alpha value is -2.64. The van der Waals surface area contributed by atoms with E-state index >= 15 is 0 Å². The van der Waals surface area contributed by atoms with Gasteiger partial charge in [-0.15, -0.1) is 11.3 Å². The molecule has 5 nitrogen and oxygen atoms in total. The highest BCUT2D eigenvalue weighted by Gasteiger charge is 2.17. The highest BCUT2D eigenvalue weighted by atomic mass is 32.2. The van der Waals surface area contributed by atoms with Crippen LogP contribution in [0.25, 0.3) is 0 Å². The van der Waals surface area contributed by atoms with Crippen molar-refractivity contribution in [3.8, 4) is 0 Å². The molecule has 0 radical (unpaired) electrons. The number of para-hydroxylation sites is 1. The Kier molecular flexibility index (Phi) is 5.39. The SMILES string of the molecule is CN(Cc1cccs1)C(=O)c1ccc(S(=O)(=O)Nc2ccccc2)cc1. The second-order valence-electron chi connectivity index (χ2n) is 5.74. The van der Waals surface area contributed by atoms with E-state index < -0.39 is 10.0 Å². The number of rotatable bonds is 6. The van der Waals surface area contributed by atoms with Crippen LogP contribution in [-0.2, 0) is 16.6 Å². The molecule has 1 aromatic heterocycles. The van der Waals surface area contributed by atoms with Gasteiger partial charge in [-0.2, -0.15) is 0 Å². The molecule has 0 saturated carbocycles. The molecule has 0 unspecified atom stereocenters. The van der Waals surface area contributed by atoms with Gasteiger partial charge in [0.1, 0.15) is 0 Å². The molecule has 0 aliphatic rings. The molecule has 0 fully saturated rings. The van der Waals surface area contributed by atoms with E-state index in [-0.39, 0.29) is 10.8 Å². The number of amides is 1. The second-order valence-corrected chi connectivity index (χ2v) is 8.45. The minimum Gasteiger partial charge on any atom is -0.337 e. The van der Waals surface area contributed by atoms with E-state index in [2.05, 4.69) is 4.72 Å². The molecule has 0 spiro atoms. The Morgan fingerprint density at radius 1 is 1.00 bits per heavy atom. The summed E-state index contributed by atoms with van der Waals surface area (Å²) in [5, 5.41) is 1.97. The van der Waals surface area contributed by atoms with Gasteiger partial charge in [0.25, 0.3) is 15.9 Å². The molecule has 1 heterocycles. The summed E-state index contributed by atoms with van der Waals surface area (Å²) in [6, 6.07) is 18.5. The minimum atomic E-state index is -3.69. The summed E-state index contributed by atoms with van der Waals surface area (Å²) >= 11 is 1.59. The van der Waals surface area contributed by atoms with Crippen molar-refractivity contribution in [2.45, 2.75) is 11.4 Å². The van der Waals surface area contributed by atoms with Crippen LogP contribution in [0.2, 0.25) is 0 Å². The summed E-state index contributed by atoms with van der Waals surface area (Å²) in [5.74, 6) is -0.154. The summed E-state index contributed by atoms with van der Waals surface area (Å²) < 4.78 is 27.4. The molecule has 2 aromatic carbocycles. The highest BCUT2D eigenvalue weighted by molar-refractivity contribution is 7.92. The monoisotopic (exact) mass is 386 g/mol. The maximum absolute atomic E-state index is 12.5. The van der Waals surface area contributed by atoms with Crippen LogP contribution in [0.1, 0.15) is 15.2 Å².